The first-order valence-electron chi connectivity index (χ1n) is 7.81. The molecule has 4 aromatic rings. The molecule has 0 unspecified atom stereocenters. The Morgan fingerprint density at radius 2 is 2.04 bits per heavy atom. The lowest BCUT2D eigenvalue weighted by Crippen LogP contribution is -2.10. The lowest BCUT2D eigenvalue weighted by atomic mass is 10.2. The van der Waals surface area contributed by atoms with E-state index in [1.807, 2.05) is 10.6 Å². The van der Waals surface area contributed by atoms with Crippen LogP contribution in [0.15, 0.2) is 49.1 Å². The van der Waals surface area contributed by atoms with Gasteiger partial charge < -0.3 is 10.5 Å². The van der Waals surface area contributed by atoms with Gasteiger partial charge in [-0.3, -0.25) is 14.3 Å². The fourth-order valence-corrected chi connectivity index (χ4v) is 4.06. The van der Waals surface area contributed by atoms with E-state index in [-0.39, 0.29) is 6.61 Å². The lowest BCUT2D eigenvalue weighted by Gasteiger charge is -2.09. The maximum absolute atomic E-state index is 11.9. The zero-order valence-electron chi connectivity index (χ0n) is 13.7. The van der Waals surface area contributed by atoms with Gasteiger partial charge in [-0.2, -0.15) is 0 Å². The van der Waals surface area contributed by atoms with Crippen molar-refractivity contribution < 1.29 is 9.53 Å². The van der Waals surface area contributed by atoms with Crippen molar-refractivity contribution >= 4 is 51.5 Å². The van der Waals surface area contributed by atoms with Gasteiger partial charge in [0, 0.05) is 27.9 Å². The van der Waals surface area contributed by atoms with Crippen LogP contribution in [-0.4, -0.2) is 20.4 Å². The van der Waals surface area contributed by atoms with Crippen molar-refractivity contribution in [3.8, 4) is 10.8 Å². The van der Waals surface area contributed by atoms with Crippen LogP contribution in [0.2, 0.25) is 10.0 Å². The van der Waals surface area contributed by atoms with Crippen LogP contribution in [0.1, 0.15) is 15.2 Å². The van der Waals surface area contributed by atoms with Crippen molar-refractivity contribution in [2.45, 2.75) is 6.61 Å². The number of amides is 1. The topological polar surface area (TPSA) is 83.0 Å². The summed E-state index contributed by atoms with van der Waals surface area (Å²) in [5, 5.41) is 1.72. The predicted octanol–water partition coefficient (Wildman–Crippen LogP) is 4.47. The van der Waals surface area contributed by atoms with Crippen LogP contribution in [0.4, 0.5) is 0 Å². The van der Waals surface area contributed by atoms with Crippen molar-refractivity contribution in [3.05, 3.63) is 69.5 Å². The molecule has 0 saturated heterocycles. The summed E-state index contributed by atoms with van der Waals surface area (Å²) in [6.07, 6.45) is 5.04. The second-order valence-corrected chi connectivity index (χ2v) is 7.46. The number of thiophene rings is 1. The molecule has 0 saturated carbocycles. The van der Waals surface area contributed by atoms with Crippen molar-refractivity contribution in [2.75, 3.05) is 0 Å². The molecule has 0 aliphatic carbocycles. The first-order valence-corrected chi connectivity index (χ1v) is 9.38. The predicted molar refractivity (Wildman–Crippen MR) is 106 cm³/mol. The molecule has 1 amide bonds. The molecule has 0 aliphatic heterocycles. The number of nitrogens with zero attached hydrogens (tertiary/aromatic N) is 3. The number of imidazole rings is 1. The number of halogens is 2. The number of benzene rings is 1. The lowest BCUT2D eigenvalue weighted by molar-refractivity contribution is 0.1000. The molecule has 2 N–H and O–H groups in total. The van der Waals surface area contributed by atoms with E-state index in [1.54, 1.807) is 43.0 Å². The molecule has 4 rings (SSSR count). The van der Waals surface area contributed by atoms with Gasteiger partial charge in [-0.25, -0.2) is 4.98 Å². The molecule has 0 bridgehead atoms. The number of hydrogen-bond donors (Lipinski definition) is 1. The van der Waals surface area contributed by atoms with E-state index < -0.39 is 5.91 Å². The quantitative estimate of drug-likeness (QED) is 0.518. The molecule has 0 fully saturated rings. The second-order valence-electron chi connectivity index (χ2n) is 5.61. The molecule has 3 heterocycles. The number of ether oxygens (including phenoxy) is 1. The van der Waals surface area contributed by atoms with Crippen molar-refractivity contribution in [3.63, 3.8) is 0 Å². The van der Waals surface area contributed by atoms with Gasteiger partial charge in [-0.15, -0.1) is 11.3 Å². The van der Waals surface area contributed by atoms with Gasteiger partial charge in [-0.05, 0) is 18.2 Å². The Bertz CT molecular complexity index is 1140. The van der Waals surface area contributed by atoms with Gasteiger partial charge >= 0.3 is 0 Å². The molecule has 0 aliphatic rings. The molecule has 6 nitrogen and oxygen atoms in total. The zero-order valence-corrected chi connectivity index (χ0v) is 16.1. The van der Waals surface area contributed by atoms with Crippen LogP contribution in [-0.2, 0) is 6.61 Å². The highest BCUT2D eigenvalue weighted by Crippen LogP contribution is 2.35. The number of nitrogens with two attached hydrogens (primary N) is 1. The third kappa shape index (κ3) is 3.37. The van der Waals surface area contributed by atoms with Crippen LogP contribution < -0.4 is 10.5 Å². The molecule has 9 heteroatoms. The standard InChI is InChI=1S/C18H12Cl2N4O2S/c19-11-2-1-3-12(20)10(11)8-26-15-6-16(27-17(15)18(21)25)24-9-23-13-4-5-22-7-14(13)24/h1-7,9H,8H2,(H2,21,25). The highest BCUT2D eigenvalue weighted by molar-refractivity contribution is 7.16. The minimum absolute atomic E-state index is 0.112. The third-order valence-electron chi connectivity index (χ3n) is 3.93. The van der Waals surface area contributed by atoms with Gasteiger partial charge in [0.15, 0.2) is 0 Å². The van der Waals surface area contributed by atoms with Crippen molar-refractivity contribution in [1.29, 1.82) is 0 Å². The molecule has 3 aromatic heterocycles. The molecular weight excluding hydrogens is 407 g/mol. The minimum Gasteiger partial charge on any atom is -0.487 e. The third-order valence-corrected chi connectivity index (χ3v) is 5.77. The molecule has 27 heavy (non-hydrogen) atoms. The fraction of sp³-hybridized carbons (Fsp3) is 0.0556. The summed E-state index contributed by atoms with van der Waals surface area (Å²) in [6, 6.07) is 8.76. The molecule has 136 valence electrons. The Hall–Kier alpha value is -2.61. The second kappa shape index (κ2) is 7.19. The minimum atomic E-state index is -0.575. The van der Waals surface area contributed by atoms with E-state index >= 15 is 0 Å². The number of rotatable bonds is 5. The summed E-state index contributed by atoms with van der Waals surface area (Å²) in [6.45, 7) is 0.112. The number of fused-ring (bicyclic) bond motifs is 1. The van der Waals surface area contributed by atoms with E-state index in [0.29, 0.717) is 26.2 Å². The number of aromatic nitrogens is 3. The summed E-state index contributed by atoms with van der Waals surface area (Å²) < 4.78 is 7.66. The summed E-state index contributed by atoms with van der Waals surface area (Å²) in [7, 11) is 0. The fourth-order valence-electron chi connectivity index (χ4n) is 2.61. The van der Waals surface area contributed by atoms with E-state index in [9.17, 15) is 4.79 Å². The monoisotopic (exact) mass is 418 g/mol. The Balaban J connectivity index is 1.70. The van der Waals surface area contributed by atoms with Crippen LogP contribution in [0.25, 0.3) is 16.0 Å². The molecule has 0 atom stereocenters. The molecule has 1 aromatic carbocycles. The Labute approximate surface area is 168 Å². The highest BCUT2D eigenvalue weighted by Gasteiger charge is 2.18. The highest BCUT2D eigenvalue weighted by atomic mass is 35.5. The summed E-state index contributed by atoms with van der Waals surface area (Å²) >= 11 is 13.6. The van der Waals surface area contributed by atoms with Crippen LogP contribution in [0.3, 0.4) is 0 Å². The Morgan fingerprint density at radius 3 is 2.78 bits per heavy atom. The first kappa shape index (κ1) is 17.8. The van der Waals surface area contributed by atoms with Gasteiger partial charge in [0.05, 0.1) is 17.2 Å². The molecule has 0 spiro atoms. The number of carbonyl (C=O) groups is 1. The van der Waals surface area contributed by atoms with Crippen LogP contribution >= 0.6 is 34.5 Å². The number of carbonyl (C=O) groups excluding carboxylic acids is 1. The molecular formula is C18H12Cl2N4O2S. The van der Waals surface area contributed by atoms with E-state index in [4.69, 9.17) is 33.7 Å². The van der Waals surface area contributed by atoms with E-state index in [0.717, 1.165) is 16.0 Å². The van der Waals surface area contributed by atoms with Crippen LogP contribution in [0.5, 0.6) is 5.75 Å². The Kier molecular flexibility index (Phi) is 4.73. The first-order chi connectivity index (χ1) is 13.0. The maximum atomic E-state index is 11.9. The van der Waals surface area contributed by atoms with Gasteiger partial charge in [0.1, 0.15) is 28.6 Å². The number of primary amides is 1. The average Bonchev–Trinajstić information content (AvgIpc) is 3.25. The maximum Gasteiger partial charge on any atom is 0.262 e. The average molecular weight is 419 g/mol. The molecule has 0 radical (unpaired) electrons. The van der Waals surface area contributed by atoms with Crippen molar-refractivity contribution in [2.24, 2.45) is 5.73 Å². The summed E-state index contributed by atoms with van der Waals surface area (Å²) in [5.41, 5.74) is 7.78. The van der Waals surface area contributed by atoms with Gasteiger partial charge in [0.25, 0.3) is 5.91 Å². The largest absolute Gasteiger partial charge is 0.487 e. The van der Waals surface area contributed by atoms with Gasteiger partial charge in [-0.1, -0.05) is 29.3 Å². The summed E-state index contributed by atoms with van der Waals surface area (Å²) in [4.78, 5) is 20.6. The Morgan fingerprint density at radius 1 is 1.26 bits per heavy atom. The van der Waals surface area contributed by atoms with Crippen molar-refractivity contribution in [1.82, 2.24) is 14.5 Å². The number of pyridine rings is 1. The SMILES string of the molecule is NC(=O)c1sc(-n2cnc3ccncc32)cc1OCc1c(Cl)cccc1Cl. The number of hydrogen-bond acceptors (Lipinski definition) is 5. The zero-order chi connectivity index (χ0) is 19.0. The summed E-state index contributed by atoms with van der Waals surface area (Å²) in [5.74, 6) is -0.210. The smallest absolute Gasteiger partial charge is 0.262 e. The van der Waals surface area contributed by atoms with Crippen LogP contribution in [0, 0.1) is 0 Å². The normalized spacial score (nSPS) is 11.0. The van der Waals surface area contributed by atoms with E-state index in [1.165, 1.54) is 11.3 Å². The van der Waals surface area contributed by atoms with E-state index in [2.05, 4.69) is 9.97 Å². The van der Waals surface area contributed by atoms with Gasteiger partial charge in [0.2, 0.25) is 0 Å².